The average Bonchev–Trinajstić information content (AvgIpc) is 2.93. The zero-order valence-corrected chi connectivity index (χ0v) is 14.2. The number of phenols is 1. The lowest BCUT2D eigenvalue weighted by Gasteiger charge is -2.23. The number of hydrogen-bond acceptors (Lipinski definition) is 4. The van der Waals surface area contributed by atoms with Crippen LogP contribution in [0.4, 0.5) is 17.6 Å². The highest BCUT2D eigenvalue weighted by Crippen LogP contribution is 2.38. The van der Waals surface area contributed by atoms with Gasteiger partial charge in [0.25, 0.3) is 5.49 Å². The lowest BCUT2D eigenvalue weighted by atomic mass is 9.84. The highest BCUT2D eigenvalue weighted by Gasteiger charge is 2.33. The minimum atomic E-state index is -4.55. The standard InChI is InChI=1S/C18H14F4N4O/c1-9-2-11(18(20,21)22)5-15(27)16(9)13-6-23-14-8-26(25-17(14)24-13)7-10-3-12(19)4-10/h2,5-8,10,12H,3-4H2,1H3/p+1/b26-7-. The Morgan fingerprint density at radius 2 is 2.00 bits per heavy atom. The lowest BCUT2D eigenvalue weighted by molar-refractivity contribution is -0.425. The summed E-state index contributed by atoms with van der Waals surface area (Å²) in [7, 11) is 0. The van der Waals surface area contributed by atoms with Crippen molar-refractivity contribution in [2.24, 2.45) is 11.0 Å². The van der Waals surface area contributed by atoms with Crippen molar-refractivity contribution < 1.29 is 27.4 Å². The monoisotopic (exact) mass is 379 g/mol. The predicted octanol–water partition coefficient (Wildman–Crippen LogP) is 2.29. The van der Waals surface area contributed by atoms with Crippen molar-refractivity contribution >= 4 is 12.4 Å². The van der Waals surface area contributed by atoms with E-state index in [4.69, 9.17) is 0 Å². The normalized spacial score (nSPS) is 22.8. The Morgan fingerprint density at radius 3 is 2.63 bits per heavy atom. The molecule has 2 heterocycles. The third-order valence-corrected chi connectivity index (χ3v) is 4.62. The summed E-state index contributed by atoms with van der Waals surface area (Å²) in [5.74, 6) is -0.416. The van der Waals surface area contributed by atoms with Crippen molar-refractivity contribution in [3.05, 3.63) is 40.3 Å². The molecule has 9 heteroatoms. The molecule has 0 bridgehead atoms. The molecule has 27 heavy (non-hydrogen) atoms. The molecule has 2 aliphatic rings. The minimum absolute atomic E-state index is 0.106. The molecule has 2 aromatic rings. The van der Waals surface area contributed by atoms with Crippen LogP contribution in [0.1, 0.15) is 24.0 Å². The van der Waals surface area contributed by atoms with Crippen LogP contribution in [-0.4, -0.2) is 32.1 Å². The molecular formula is C18H15F4N4O+. The zero-order chi connectivity index (χ0) is 19.3. The number of nitrogens with zero attached hydrogens (tertiary/aromatic N) is 4. The van der Waals surface area contributed by atoms with Gasteiger partial charge >= 0.3 is 6.18 Å². The molecule has 0 spiro atoms. The Kier molecular flexibility index (Phi) is 3.97. The summed E-state index contributed by atoms with van der Waals surface area (Å²) in [5, 5.41) is 14.9. The molecule has 1 fully saturated rings. The molecule has 1 aromatic heterocycles. The molecule has 0 radical (unpaired) electrons. The first kappa shape index (κ1) is 17.6. The Balaban J connectivity index is 1.72. The van der Waals surface area contributed by atoms with E-state index in [1.54, 1.807) is 12.4 Å². The van der Waals surface area contributed by atoms with E-state index in [9.17, 15) is 22.7 Å². The van der Waals surface area contributed by atoms with Gasteiger partial charge in [-0.1, -0.05) is 4.68 Å². The van der Waals surface area contributed by atoms with Gasteiger partial charge in [-0.15, -0.1) is 0 Å². The fourth-order valence-corrected chi connectivity index (χ4v) is 3.20. The van der Waals surface area contributed by atoms with Crippen molar-refractivity contribution in [3.8, 4) is 17.0 Å². The Bertz CT molecular complexity index is 1050. The summed E-state index contributed by atoms with van der Waals surface area (Å²) >= 11 is 0. The molecule has 4 rings (SSSR count). The fraction of sp³-hybridized carbons (Fsp3) is 0.333. The number of aryl methyl sites for hydroxylation is 1. The van der Waals surface area contributed by atoms with Gasteiger partial charge in [-0.3, -0.25) is 0 Å². The lowest BCUT2D eigenvalue weighted by Crippen LogP contribution is -2.28. The number of alkyl halides is 4. The largest absolute Gasteiger partial charge is 0.507 e. The Morgan fingerprint density at radius 1 is 1.26 bits per heavy atom. The molecule has 1 saturated carbocycles. The van der Waals surface area contributed by atoms with E-state index in [-0.39, 0.29) is 22.7 Å². The van der Waals surface area contributed by atoms with E-state index in [1.807, 2.05) is 0 Å². The maximum Gasteiger partial charge on any atom is 0.416 e. The van der Waals surface area contributed by atoms with Crippen molar-refractivity contribution in [2.45, 2.75) is 32.1 Å². The number of aromatic hydroxyl groups is 1. The summed E-state index contributed by atoms with van der Waals surface area (Å²) in [6, 6.07) is 1.63. The van der Waals surface area contributed by atoms with E-state index in [1.165, 1.54) is 17.8 Å². The van der Waals surface area contributed by atoms with Crippen LogP contribution in [-0.2, 0) is 6.18 Å². The van der Waals surface area contributed by atoms with Crippen molar-refractivity contribution in [1.29, 1.82) is 0 Å². The summed E-state index contributed by atoms with van der Waals surface area (Å²) in [6.45, 7) is 1.46. The number of hydrogen-bond donors (Lipinski definition) is 1. The Labute approximate surface area is 151 Å². The third-order valence-electron chi connectivity index (χ3n) is 4.62. The zero-order valence-electron chi connectivity index (χ0n) is 14.2. The van der Waals surface area contributed by atoms with Gasteiger partial charge in [-0.05, 0) is 37.5 Å². The van der Waals surface area contributed by atoms with E-state index in [2.05, 4.69) is 15.1 Å². The van der Waals surface area contributed by atoms with E-state index >= 15 is 0 Å². The summed E-state index contributed by atoms with van der Waals surface area (Å²) in [6.07, 6.45) is 0.416. The van der Waals surface area contributed by atoms with Crippen LogP contribution in [0.2, 0.25) is 0 Å². The summed E-state index contributed by atoms with van der Waals surface area (Å²) in [5.41, 5.74) is -0.0102. The third kappa shape index (κ3) is 3.29. The van der Waals surface area contributed by atoms with Crippen molar-refractivity contribution in [3.63, 3.8) is 0 Å². The van der Waals surface area contributed by atoms with Crippen molar-refractivity contribution in [2.75, 3.05) is 0 Å². The van der Waals surface area contributed by atoms with Gasteiger partial charge in [0.1, 0.15) is 11.9 Å². The van der Waals surface area contributed by atoms with E-state index in [0.29, 0.717) is 29.7 Å². The maximum absolute atomic E-state index is 12.9. The van der Waals surface area contributed by atoms with Gasteiger partial charge in [0.2, 0.25) is 6.20 Å². The van der Waals surface area contributed by atoms with Crippen LogP contribution >= 0.6 is 0 Å². The van der Waals surface area contributed by atoms with E-state index < -0.39 is 23.7 Å². The maximum atomic E-state index is 12.9. The number of rotatable bonds is 2. The molecule has 5 nitrogen and oxygen atoms in total. The molecule has 1 N–H and O–H groups in total. The van der Waals surface area contributed by atoms with Crippen LogP contribution < -0.4 is 10.8 Å². The SMILES string of the molecule is Cc1cc(C(F)(F)F)cc(O)c1-c1cnc2c(n1)=N/[N+](=C\C1CC(F)C1)C=2. The van der Waals surface area contributed by atoms with Gasteiger partial charge in [0, 0.05) is 16.6 Å². The summed E-state index contributed by atoms with van der Waals surface area (Å²) < 4.78 is 53.1. The first-order valence-electron chi connectivity index (χ1n) is 8.33. The van der Waals surface area contributed by atoms with Gasteiger partial charge in [-0.2, -0.15) is 13.2 Å². The number of benzene rings is 1. The molecule has 0 atom stereocenters. The second-order valence-corrected chi connectivity index (χ2v) is 6.74. The molecule has 140 valence electrons. The predicted molar refractivity (Wildman–Crippen MR) is 88.1 cm³/mol. The molecule has 1 aliphatic heterocycles. The molecule has 0 saturated heterocycles. The van der Waals surface area contributed by atoms with Gasteiger partial charge < -0.3 is 5.11 Å². The second-order valence-electron chi connectivity index (χ2n) is 6.74. The second kappa shape index (κ2) is 6.11. The molecular weight excluding hydrogens is 364 g/mol. The smallest absolute Gasteiger partial charge is 0.416 e. The highest BCUT2D eigenvalue weighted by atomic mass is 19.4. The van der Waals surface area contributed by atoms with Crippen LogP contribution in [0.3, 0.4) is 0 Å². The highest BCUT2D eigenvalue weighted by molar-refractivity contribution is 5.70. The summed E-state index contributed by atoms with van der Waals surface area (Å²) in [4.78, 5) is 8.54. The van der Waals surface area contributed by atoms with Crippen LogP contribution in [0.15, 0.2) is 23.4 Å². The van der Waals surface area contributed by atoms with E-state index in [0.717, 1.165) is 6.07 Å². The van der Waals surface area contributed by atoms with Crippen LogP contribution in [0.25, 0.3) is 17.5 Å². The first-order valence-corrected chi connectivity index (χ1v) is 8.33. The minimum Gasteiger partial charge on any atom is -0.507 e. The number of halogens is 4. The Hall–Kier alpha value is -2.84. The molecule has 1 aromatic carbocycles. The molecule has 1 aliphatic carbocycles. The van der Waals surface area contributed by atoms with Gasteiger partial charge in [0.15, 0.2) is 11.6 Å². The quantitative estimate of drug-likeness (QED) is 0.643. The van der Waals surface area contributed by atoms with Crippen LogP contribution in [0, 0.1) is 12.8 Å². The van der Waals surface area contributed by atoms with Crippen molar-refractivity contribution in [1.82, 2.24) is 9.97 Å². The molecule has 0 amide bonds. The first-order chi connectivity index (χ1) is 12.7. The van der Waals surface area contributed by atoms with Gasteiger partial charge in [-0.25, -0.2) is 14.4 Å². The van der Waals surface area contributed by atoms with Crippen LogP contribution in [0.5, 0.6) is 5.75 Å². The average molecular weight is 379 g/mol. The number of phenolic OH excluding ortho intramolecular Hbond substituents is 1. The fourth-order valence-electron chi connectivity index (χ4n) is 3.20. The molecule has 0 unspecified atom stereocenters. The number of aromatic nitrogens is 2. The number of fused-ring (bicyclic) bond motifs is 1. The van der Waals surface area contributed by atoms with Gasteiger partial charge in [0.05, 0.1) is 17.5 Å². The topological polar surface area (TPSA) is 61.4 Å².